The maximum atomic E-state index is 12.1. The van der Waals surface area contributed by atoms with E-state index in [1.165, 1.54) is 18.2 Å². The Kier molecular flexibility index (Phi) is 4.62. The quantitative estimate of drug-likeness (QED) is 0.884. The predicted octanol–water partition coefficient (Wildman–Crippen LogP) is 2.52. The molecule has 0 amide bonds. The van der Waals surface area contributed by atoms with Crippen molar-refractivity contribution < 1.29 is 18.3 Å². The summed E-state index contributed by atoms with van der Waals surface area (Å²) in [7, 11) is -3.80. The molecule has 0 radical (unpaired) electrons. The van der Waals surface area contributed by atoms with Gasteiger partial charge in [0.2, 0.25) is 10.0 Å². The molecule has 2 N–H and O–H groups in total. The maximum absolute atomic E-state index is 12.1. The van der Waals surface area contributed by atoms with Gasteiger partial charge in [-0.15, -0.1) is 0 Å². The first-order chi connectivity index (χ1) is 9.90. The molecule has 0 saturated heterocycles. The van der Waals surface area contributed by atoms with Crippen LogP contribution in [-0.4, -0.2) is 19.5 Å². The van der Waals surface area contributed by atoms with Crippen molar-refractivity contribution in [3.8, 4) is 0 Å². The molecular weight excluding hydrogens is 314 g/mol. The Morgan fingerprint density at radius 2 is 1.86 bits per heavy atom. The van der Waals surface area contributed by atoms with Crippen LogP contribution in [0.1, 0.15) is 15.9 Å². The third kappa shape index (κ3) is 3.81. The third-order valence-corrected chi connectivity index (χ3v) is 4.57. The summed E-state index contributed by atoms with van der Waals surface area (Å²) in [6.07, 6.45) is 0. The largest absolute Gasteiger partial charge is 0.478 e. The van der Waals surface area contributed by atoms with Gasteiger partial charge in [0.25, 0.3) is 0 Å². The van der Waals surface area contributed by atoms with Crippen molar-refractivity contribution in [1.29, 1.82) is 0 Å². The lowest BCUT2D eigenvalue weighted by Gasteiger charge is -2.08. The Hall–Kier alpha value is -1.89. The fraction of sp³-hybridized carbons (Fsp3) is 0.0714. The Labute approximate surface area is 127 Å². The van der Waals surface area contributed by atoms with Crippen LogP contribution in [0.4, 0.5) is 0 Å². The van der Waals surface area contributed by atoms with Gasteiger partial charge in [0.1, 0.15) is 0 Å². The molecule has 7 heteroatoms. The summed E-state index contributed by atoms with van der Waals surface area (Å²) in [5.41, 5.74) is 0.549. The molecule has 0 saturated carbocycles. The van der Waals surface area contributed by atoms with E-state index in [4.69, 9.17) is 16.7 Å². The van der Waals surface area contributed by atoms with Gasteiger partial charge in [-0.1, -0.05) is 35.9 Å². The van der Waals surface area contributed by atoms with Gasteiger partial charge in [0.15, 0.2) is 0 Å². The van der Waals surface area contributed by atoms with Crippen LogP contribution < -0.4 is 4.72 Å². The average molecular weight is 326 g/mol. The summed E-state index contributed by atoms with van der Waals surface area (Å²) in [5, 5.41) is 9.34. The minimum Gasteiger partial charge on any atom is -0.478 e. The molecule has 21 heavy (non-hydrogen) atoms. The van der Waals surface area contributed by atoms with Crippen LogP contribution in [-0.2, 0) is 16.6 Å². The van der Waals surface area contributed by atoms with Crippen LogP contribution in [0.15, 0.2) is 53.4 Å². The van der Waals surface area contributed by atoms with E-state index in [0.717, 1.165) is 6.07 Å². The zero-order chi connectivity index (χ0) is 15.5. The highest BCUT2D eigenvalue weighted by atomic mass is 35.5. The first kappa shape index (κ1) is 15.5. The van der Waals surface area contributed by atoms with Crippen molar-refractivity contribution in [2.45, 2.75) is 11.4 Å². The Balaban J connectivity index is 2.21. The van der Waals surface area contributed by atoms with E-state index in [9.17, 15) is 13.2 Å². The third-order valence-electron chi connectivity index (χ3n) is 2.80. The van der Waals surface area contributed by atoms with Crippen LogP contribution in [0.2, 0.25) is 5.02 Å². The van der Waals surface area contributed by atoms with E-state index in [0.29, 0.717) is 10.6 Å². The second-order valence-corrected chi connectivity index (χ2v) is 6.42. The molecule has 0 aromatic heterocycles. The van der Waals surface area contributed by atoms with Crippen LogP contribution in [0.5, 0.6) is 0 Å². The van der Waals surface area contributed by atoms with Crippen LogP contribution in [0, 0.1) is 0 Å². The number of hydrogen-bond donors (Lipinski definition) is 2. The molecule has 0 atom stereocenters. The fourth-order valence-corrected chi connectivity index (χ4v) is 2.95. The maximum Gasteiger partial charge on any atom is 0.335 e. The van der Waals surface area contributed by atoms with Crippen LogP contribution in [0.25, 0.3) is 0 Å². The zero-order valence-electron chi connectivity index (χ0n) is 10.8. The molecule has 0 unspecified atom stereocenters. The van der Waals surface area contributed by atoms with Gasteiger partial charge in [-0.2, -0.15) is 0 Å². The molecule has 0 spiro atoms. The lowest BCUT2D eigenvalue weighted by atomic mass is 10.2. The molecule has 2 aromatic carbocycles. The molecule has 0 aliphatic rings. The average Bonchev–Trinajstić information content (AvgIpc) is 2.46. The molecule has 0 fully saturated rings. The lowest BCUT2D eigenvalue weighted by molar-refractivity contribution is 0.0696. The van der Waals surface area contributed by atoms with Gasteiger partial charge in [-0.05, 0) is 29.8 Å². The van der Waals surface area contributed by atoms with E-state index < -0.39 is 16.0 Å². The fourth-order valence-electron chi connectivity index (χ4n) is 1.69. The van der Waals surface area contributed by atoms with Crippen molar-refractivity contribution in [3.63, 3.8) is 0 Å². The molecular formula is C14H12ClNO4S. The normalized spacial score (nSPS) is 11.3. The molecule has 2 aromatic rings. The topological polar surface area (TPSA) is 83.5 Å². The van der Waals surface area contributed by atoms with Gasteiger partial charge in [-0.3, -0.25) is 0 Å². The number of carboxylic acid groups (broad SMARTS) is 1. The molecule has 0 heterocycles. The van der Waals surface area contributed by atoms with Gasteiger partial charge in [0.05, 0.1) is 10.5 Å². The SMILES string of the molecule is O=C(O)c1cccc(S(=O)(=O)NCc2ccccc2Cl)c1. The van der Waals surface area contributed by atoms with Crippen molar-refractivity contribution >= 4 is 27.6 Å². The monoisotopic (exact) mass is 325 g/mol. The van der Waals surface area contributed by atoms with E-state index in [1.54, 1.807) is 24.3 Å². The number of aromatic carboxylic acids is 1. The Bertz CT molecular complexity index is 774. The number of hydrogen-bond acceptors (Lipinski definition) is 3. The number of halogens is 1. The van der Waals surface area contributed by atoms with E-state index in [-0.39, 0.29) is 17.0 Å². The second-order valence-electron chi connectivity index (χ2n) is 4.25. The number of benzene rings is 2. The molecule has 110 valence electrons. The predicted molar refractivity (Wildman–Crippen MR) is 78.9 cm³/mol. The highest BCUT2D eigenvalue weighted by Gasteiger charge is 2.16. The number of sulfonamides is 1. The summed E-state index contributed by atoms with van der Waals surface area (Å²) in [6, 6.07) is 12.0. The number of nitrogens with one attached hydrogen (secondary N) is 1. The van der Waals surface area contributed by atoms with E-state index >= 15 is 0 Å². The summed E-state index contributed by atoms with van der Waals surface area (Å²) in [6.45, 7) is 0.0271. The van der Waals surface area contributed by atoms with Gasteiger partial charge >= 0.3 is 5.97 Å². The first-order valence-electron chi connectivity index (χ1n) is 5.96. The molecule has 0 aliphatic heterocycles. The minimum atomic E-state index is -3.80. The second kappa shape index (κ2) is 6.26. The van der Waals surface area contributed by atoms with Crippen LogP contribution in [0.3, 0.4) is 0 Å². The van der Waals surface area contributed by atoms with E-state index in [1.807, 2.05) is 0 Å². The van der Waals surface area contributed by atoms with Gasteiger partial charge in [-0.25, -0.2) is 17.9 Å². The number of rotatable bonds is 5. The minimum absolute atomic E-state index is 0.0271. The van der Waals surface area contributed by atoms with Crippen molar-refractivity contribution in [2.24, 2.45) is 0 Å². The van der Waals surface area contributed by atoms with E-state index in [2.05, 4.69) is 4.72 Å². The molecule has 5 nitrogen and oxygen atoms in total. The smallest absolute Gasteiger partial charge is 0.335 e. The Morgan fingerprint density at radius 1 is 1.14 bits per heavy atom. The number of carboxylic acids is 1. The standard InChI is InChI=1S/C14H12ClNO4S/c15-13-7-2-1-4-11(13)9-16-21(19,20)12-6-3-5-10(8-12)14(17)18/h1-8,16H,9H2,(H,17,18). The molecule has 2 rings (SSSR count). The number of carbonyl (C=O) groups is 1. The lowest BCUT2D eigenvalue weighted by Crippen LogP contribution is -2.23. The van der Waals surface area contributed by atoms with Crippen molar-refractivity contribution in [3.05, 3.63) is 64.7 Å². The summed E-state index contributed by atoms with van der Waals surface area (Å²) in [5.74, 6) is -1.18. The highest BCUT2D eigenvalue weighted by molar-refractivity contribution is 7.89. The van der Waals surface area contributed by atoms with Gasteiger partial charge in [0, 0.05) is 11.6 Å². The molecule has 0 bridgehead atoms. The Morgan fingerprint density at radius 3 is 2.52 bits per heavy atom. The highest BCUT2D eigenvalue weighted by Crippen LogP contribution is 2.16. The zero-order valence-corrected chi connectivity index (χ0v) is 12.4. The van der Waals surface area contributed by atoms with Crippen molar-refractivity contribution in [1.82, 2.24) is 4.72 Å². The molecule has 0 aliphatic carbocycles. The van der Waals surface area contributed by atoms with Crippen LogP contribution >= 0.6 is 11.6 Å². The van der Waals surface area contributed by atoms with Gasteiger partial charge < -0.3 is 5.11 Å². The summed E-state index contributed by atoms with van der Waals surface area (Å²) >= 11 is 5.95. The summed E-state index contributed by atoms with van der Waals surface area (Å²) < 4.78 is 26.7. The van der Waals surface area contributed by atoms with Crippen molar-refractivity contribution in [2.75, 3.05) is 0 Å². The first-order valence-corrected chi connectivity index (χ1v) is 7.83. The summed E-state index contributed by atoms with van der Waals surface area (Å²) in [4.78, 5) is 10.8.